The van der Waals surface area contributed by atoms with E-state index in [9.17, 15) is 14.3 Å². The molecule has 166 valence electrons. The molecule has 5 N–H and O–H groups in total. The molecule has 7 heteroatoms. The smallest absolute Gasteiger partial charge is 0.241 e. The van der Waals surface area contributed by atoms with Gasteiger partial charge < -0.3 is 21.5 Å². The fraction of sp³-hybridized carbons (Fsp3) is 0.500. The first-order valence-electron chi connectivity index (χ1n) is 11.1. The number of carbonyl (C=O) groups excluding carboxylic acids is 1. The SMILES string of the molecule is Cc1cc(C(N)(CCC2CC2)c2ccc(F)c(NC(=O)[C@H]3C[C@@H](CO)CN3)c2)ccn1. The van der Waals surface area contributed by atoms with Crippen molar-refractivity contribution < 1.29 is 14.3 Å². The molecule has 1 aromatic heterocycles. The van der Waals surface area contributed by atoms with Crippen molar-refractivity contribution in [3.63, 3.8) is 0 Å². The van der Waals surface area contributed by atoms with Gasteiger partial charge in [0.25, 0.3) is 0 Å². The lowest BCUT2D eigenvalue weighted by molar-refractivity contribution is -0.117. The number of hydrogen-bond donors (Lipinski definition) is 4. The van der Waals surface area contributed by atoms with Gasteiger partial charge >= 0.3 is 0 Å². The first-order chi connectivity index (χ1) is 14.9. The largest absolute Gasteiger partial charge is 0.396 e. The van der Waals surface area contributed by atoms with Gasteiger partial charge in [0.05, 0.1) is 17.3 Å². The van der Waals surface area contributed by atoms with Crippen LogP contribution in [-0.2, 0) is 10.3 Å². The van der Waals surface area contributed by atoms with Crippen molar-refractivity contribution >= 4 is 11.6 Å². The minimum absolute atomic E-state index is 0.0304. The summed E-state index contributed by atoms with van der Waals surface area (Å²) in [6.07, 6.45) is 6.49. The Morgan fingerprint density at radius 3 is 2.74 bits per heavy atom. The number of amides is 1. The van der Waals surface area contributed by atoms with Gasteiger partial charge in [0.2, 0.25) is 5.91 Å². The number of aliphatic hydroxyl groups excluding tert-OH is 1. The summed E-state index contributed by atoms with van der Waals surface area (Å²) in [5.74, 6) is -0.0454. The molecular weight excluding hydrogens is 395 g/mol. The number of anilines is 1. The Balaban J connectivity index is 1.61. The van der Waals surface area contributed by atoms with Gasteiger partial charge in [0.1, 0.15) is 5.82 Å². The molecule has 2 heterocycles. The third-order valence-electron chi connectivity index (χ3n) is 6.59. The van der Waals surface area contributed by atoms with Crippen molar-refractivity contribution in [1.82, 2.24) is 10.3 Å². The Kier molecular flexibility index (Phi) is 6.36. The van der Waals surface area contributed by atoms with Crippen LogP contribution in [0.2, 0.25) is 0 Å². The maximum atomic E-state index is 14.6. The predicted octanol–water partition coefficient (Wildman–Crippen LogP) is 2.83. The number of halogens is 1. The Morgan fingerprint density at radius 2 is 2.06 bits per heavy atom. The second kappa shape index (κ2) is 9.02. The summed E-state index contributed by atoms with van der Waals surface area (Å²) in [6.45, 7) is 2.53. The zero-order valence-corrected chi connectivity index (χ0v) is 17.9. The van der Waals surface area contributed by atoms with Crippen molar-refractivity contribution in [2.24, 2.45) is 17.6 Å². The topological polar surface area (TPSA) is 100 Å². The molecule has 3 atom stereocenters. The van der Waals surface area contributed by atoms with Gasteiger partial charge in [-0.15, -0.1) is 0 Å². The zero-order chi connectivity index (χ0) is 22.0. The van der Waals surface area contributed by atoms with Crippen molar-refractivity contribution in [3.8, 4) is 0 Å². The van der Waals surface area contributed by atoms with E-state index in [0.29, 0.717) is 18.9 Å². The monoisotopic (exact) mass is 426 g/mol. The molecular formula is C24H31FN4O2. The normalized spacial score (nSPS) is 22.8. The van der Waals surface area contributed by atoms with E-state index < -0.39 is 17.4 Å². The molecule has 0 radical (unpaired) electrons. The highest BCUT2D eigenvalue weighted by atomic mass is 19.1. The van der Waals surface area contributed by atoms with Gasteiger partial charge in [0.15, 0.2) is 0 Å². The van der Waals surface area contributed by atoms with Crippen LogP contribution in [0.5, 0.6) is 0 Å². The van der Waals surface area contributed by atoms with Crippen molar-refractivity contribution in [1.29, 1.82) is 0 Å². The van der Waals surface area contributed by atoms with Crippen LogP contribution < -0.4 is 16.4 Å². The van der Waals surface area contributed by atoms with E-state index in [1.807, 2.05) is 19.1 Å². The molecule has 1 saturated carbocycles. The van der Waals surface area contributed by atoms with Crippen LogP contribution in [0.15, 0.2) is 36.5 Å². The number of benzene rings is 1. The van der Waals surface area contributed by atoms with E-state index in [4.69, 9.17) is 5.73 Å². The number of nitrogens with one attached hydrogen (secondary N) is 2. The number of aromatic nitrogens is 1. The second-order valence-electron chi connectivity index (χ2n) is 9.07. The summed E-state index contributed by atoms with van der Waals surface area (Å²) in [5.41, 5.74) is 8.90. The van der Waals surface area contributed by atoms with Crippen molar-refractivity contribution in [2.45, 2.75) is 50.6 Å². The van der Waals surface area contributed by atoms with Gasteiger partial charge in [-0.3, -0.25) is 9.78 Å². The molecule has 0 bridgehead atoms. The molecule has 2 aliphatic rings. The molecule has 31 heavy (non-hydrogen) atoms. The van der Waals surface area contributed by atoms with Gasteiger partial charge in [-0.1, -0.05) is 18.9 Å². The number of aliphatic hydroxyl groups is 1. The van der Waals surface area contributed by atoms with Crippen LogP contribution >= 0.6 is 0 Å². The Bertz CT molecular complexity index is 949. The zero-order valence-electron chi connectivity index (χ0n) is 17.9. The van der Waals surface area contributed by atoms with Crippen molar-refractivity contribution in [2.75, 3.05) is 18.5 Å². The molecule has 6 nitrogen and oxygen atoms in total. The summed E-state index contributed by atoms with van der Waals surface area (Å²) < 4.78 is 14.6. The van der Waals surface area contributed by atoms with Gasteiger partial charge in [0, 0.05) is 25.0 Å². The van der Waals surface area contributed by atoms with Crippen LogP contribution in [0.3, 0.4) is 0 Å². The number of pyridine rings is 1. The standard InChI is InChI=1S/C24H31FN4O2/c1-15-10-19(7-9-27-15)24(26,8-6-16-2-3-16)18-4-5-20(25)21(12-18)29-23(31)22-11-17(14-30)13-28-22/h4-5,7,9-10,12,16-17,22,28,30H,2-3,6,8,11,13-14,26H2,1H3,(H,29,31)/t17-,22-,24?/m1/s1. The predicted molar refractivity (Wildman–Crippen MR) is 118 cm³/mol. The lowest BCUT2D eigenvalue weighted by Crippen LogP contribution is -2.39. The third kappa shape index (κ3) is 4.95. The third-order valence-corrected chi connectivity index (χ3v) is 6.59. The maximum Gasteiger partial charge on any atom is 0.241 e. The fourth-order valence-electron chi connectivity index (χ4n) is 4.38. The molecule has 4 rings (SSSR count). The average Bonchev–Trinajstić information content (AvgIpc) is 3.47. The summed E-state index contributed by atoms with van der Waals surface area (Å²) in [7, 11) is 0. The number of nitrogens with zero attached hydrogens (tertiary/aromatic N) is 1. The molecule has 2 aromatic rings. The lowest BCUT2D eigenvalue weighted by atomic mass is 9.79. The first-order valence-corrected chi connectivity index (χ1v) is 11.1. The van der Waals surface area contributed by atoms with Gasteiger partial charge in [-0.25, -0.2) is 4.39 Å². The average molecular weight is 427 g/mol. The summed E-state index contributed by atoms with van der Waals surface area (Å²) in [6, 6.07) is 8.19. The van der Waals surface area contributed by atoms with Crippen LogP contribution in [0.1, 0.15) is 48.9 Å². The van der Waals surface area contributed by atoms with E-state index in [-0.39, 0.29) is 24.1 Å². The van der Waals surface area contributed by atoms with Gasteiger partial charge in [-0.2, -0.15) is 0 Å². The summed E-state index contributed by atoms with van der Waals surface area (Å²) in [4.78, 5) is 17.0. The Hall–Kier alpha value is -2.35. The molecule has 1 saturated heterocycles. The lowest BCUT2D eigenvalue weighted by Gasteiger charge is -2.32. The maximum absolute atomic E-state index is 14.6. The summed E-state index contributed by atoms with van der Waals surface area (Å²) in [5, 5.41) is 15.1. The quantitative estimate of drug-likeness (QED) is 0.520. The van der Waals surface area contributed by atoms with Crippen LogP contribution in [0.25, 0.3) is 0 Å². The number of carbonyl (C=O) groups is 1. The molecule has 1 aliphatic carbocycles. The Labute approximate surface area is 182 Å². The highest BCUT2D eigenvalue weighted by molar-refractivity contribution is 5.95. The van der Waals surface area contributed by atoms with E-state index >= 15 is 0 Å². The minimum Gasteiger partial charge on any atom is -0.396 e. The van der Waals surface area contributed by atoms with E-state index in [1.165, 1.54) is 18.9 Å². The van der Waals surface area contributed by atoms with E-state index in [0.717, 1.165) is 29.7 Å². The number of aryl methyl sites for hydroxylation is 1. The van der Waals surface area contributed by atoms with E-state index in [1.54, 1.807) is 18.3 Å². The van der Waals surface area contributed by atoms with Crippen molar-refractivity contribution in [3.05, 3.63) is 59.2 Å². The van der Waals surface area contributed by atoms with Crippen LogP contribution in [0.4, 0.5) is 10.1 Å². The van der Waals surface area contributed by atoms with Crippen LogP contribution in [0, 0.1) is 24.6 Å². The molecule has 0 spiro atoms. The Morgan fingerprint density at radius 1 is 1.29 bits per heavy atom. The van der Waals surface area contributed by atoms with E-state index in [2.05, 4.69) is 15.6 Å². The highest BCUT2D eigenvalue weighted by Crippen LogP contribution is 2.40. The first kappa shape index (κ1) is 21.9. The van der Waals surface area contributed by atoms with Crippen LogP contribution in [-0.4, -0.2) is 35.2 Å². The molecule has 1 amide bonds. The number of rotatable bonds is 8. The molecule has 1 aromatic carbocycles. The van der Waals surface area contributed by atoms with Gasteiger partial charge in [-0.05, 0) is 73.4 Å². The molecule has 1 unspecified atom stereocenters. The molecule has 1 aliphatic heterocycles. The number of nitrogens with two attached hydrogens (primary N) is 1. The minimum atomic E-state index is -0.795. The number of hydrogen-bond acceptors (Lipinski definition) is 5. The second-order valence-corrected chi connectivity index (χ2v) is 9.07. The fourth-order valence-corrected chi connectivity index (χ4v) is 4.38. The highest BCUT2D eigenvalue weighted by Gasteiger charge is 2.34. The summed E-state index contributed by atoms with van der Waals surface area (Å²) >= 11 is 0. The molecule has 2 fully saturated rings.